The van der Waals surface area contributed by atoms with E-state index in [1.165, 1.54) is 30.4 Å². The minimum atomic E-state index is -3.67. The van der Waals surface area contributed by atoms with Gasteiger partial charge in [0.2, 0.25) is 5.91 Å². The van der Waals surface area contributed by atoms with Crippen LogP contribution < -0.4 is 19.7 Å². The van der Waals surface area contributed by atoms with Crippen LogP contribution in [0.5, 0.6) is 5.75 Å². The number of rotatable bonds is 8. The molecule has 0 aliphatic heterocycles. The van der Waals surface area contributed by atoms with E-state index in [0.717, 1.165) is 0 Å². The second-order valence-corrected chi connectivity index (χ2v) is 8.85. The second kappa shape index (κ2) is 9.97. The van der Waals surface area contributed by atoms with Crippen LogP contribution in [0.4, 0.5) is 17.1 Å². The van der Waals surface area contributed by atoms with Gasteiger partial charge in [0.15, 0.2) is 6.61 Å². The van der Waals surface area contributed by atoms with Gasteiger partial charge in [-0.1, -0.05) is 24.3 Å². The lowest BCUT2D eigenvalue weighted by atomic mass is 10.2. The summed E-state index contributed by atoms with van der Waals surface area (Å²) in [6.45, 7) is 1.17. The Morgan fingerprint density at radius 3 is 2.12 bits per heavy atom. The summed E-state index contributed by atoms with van der Waals surface area (Å²) in [6, 6.07) is 21.3. The topological polar surface area (TPSA) is 105 Å². The Hall–Kier alpha value is -3.85. The molecule has 0 saturated heterocycles. The molecule has 0 bridgehead atoms. The number of carbonyl (C=O) groups is 2. The number of sulfonamides is 1. The summed E-state index contributed by atoms with van der Waals surface area (Å²) in [7, 11) is -2.20. The molecule has 0 unspecified atom stereocenters. The van der Waals surface area contributed by atoms with E-state index in [1.807, 2.05) is 0 Å². The number of nitrogens with one attached hydrogen (secondary N) is 2. The van der Waals surface area contributed by atoms with Gasteiger partial charge in [0, 0.05) is 25.3 Å². The molecule has 0 atom stereocenters. The number of hydrogen-bond donors (Lipinski definition) is 2. The lowest BCUT2D eigenvalue weighted by Gasteiger charge is -2.19. The van der Waals surface area contributed by atoms with Crippen molar-refractivity contribution in [2.75, 3.05) is 28.6 Å². The van der Waals surface area contributed by atoms with Crippen molar-refractivity contribution in [1.29, 1.82) is 0 Å². The molecule has 32 heavy (non-hydrogen) atoms. The van der Waals surface area contributed by atoms with E-state index in [9.17, 15) is 18.0 Å². The molecule has 0 fully saturated rings. The van der Waals surface area contributed by atoms with E-state index in [1.54, 1.807) is 66.7 Å². The summed E-state index contributed by atoms with van der Waals surface area (Å²) >= 11 is 0. The zero-order valence-electron chi connectivity index (χ0n) is 17.6. The van der Waals surface area contributed by atoms with Crippen molar-refractivity contribution in [3.05, 3.63) is 78.9 Å². The van der Waals surface area contributed by atoms with Crippen LogP contribution in [0, 0.1) is 0 Å². The van der Waals surface area contributed by atoms with Gasteiger partial charge < -0.3 is 15.4 Å². The van der Waals surface area contributed by atoms with E-state index in [2.05, 4.69) is 10.6 Å². The van der Waals surface area contributed by atoms with Gasteiger partial charge in [-0.3, -0.25) is 13.9 Å². The summed E-state index contributed by atoms with van der Waals surface area (Å²) in [6.07, 6.45) is 0. The van der Waals surface area contributed by atoms with Crippen LogP contribution in [0.25, 0.3) is 0 Å². The van der Waals surface area contributed by atoms with Gasteiger partial charge in [-0.2, -0.15) is 0 Å². The van der Waals surface area contributed by atoms with Gasteiger partial charge >= 0.3 is 0 Å². The van der Waals surface area contributed by atoms with E-state index in [4.69, 9.17) is 4.74 Å². The molecule has 0 aliphatic rings. The molecule has 0 radical (unpaired) electrons. The number of carbonyl (C=O) groups excluding carboxylic acids is 2. The normalized spacial score (nSPS) is 10.8. The van der Waals surface area contributed by atoms with Gasteiger partial charge in [-0.15, -0.1) is 0 Å². The Labute approximate surface area is 186 Å². The second-order valence-electron chi connectivity index (χ2n) is 6.88. The van der Waals surface area contributed by atoms with Crippen LogP contribution in [0.1, 0.15) is 6.92 Å². The lowest BCUT2D eigenvalue weighted by Crippen LogP contribution is -2.26. The Morgan fingerprint density at radius 2 is 1.50 bits per heavy atom. The van der Waals surface area contributed by atoms with Crippen molar-refractivity contribution in [2.24, 2.45) is 0 Å². The first-order chi connectivity index (χ1) is 15.3. The molecule has 9 heteroatoms. The Bertz CT molecular complexity index is 1200. The van der Waals surface area contributed by atoms with Crippen LogP contribution in [0.3, 0.4) is 0 Å². The summed E-state index contributed by atoms with van der Waals surface area (Å²) in [5.74, 6) is -0.165. The maximum absolute atomic E-state index is 12.7. The Balaban J connectivity index is 1.58. The Morgan fingerprint density at radius 1 is 0.875 bits per heavy atom. The smallest absolute Gasteiger partial charge is 0.264 e. The van der Waals surface area contributed by atoms with Crippen LogP contribution in [0.15, 0.2) is 83.8 Å². The molecule has 2 amide bonds. The molecule has 0 aromatic heterocycles. The predicted octanol–water partition coefficient (Wildman–Crippen LogP) is 3.49. The zero-order chi connectivity index (χ0) is 23.1. The number of benzene rings is 3. The summed E-state index contributed by atoms with van der Waals surface area (Å²) < 4.78 is 32.1. The average molecular weight is 454 g/mol. The van der Waals surface area contributed by atoms with Gasteiger partial charge in [0.1, 0.15) is 5.75 Å². The number of ether oxygens (including phenoxy) is 1. The SMILES string of the molecule is CC(=O)Nc1cccc(NC(=O)COc2ccc(N(C)S(=O)(=O)c3ccccc3)cc2)c1. The third-order valence-corrected chi connectivity index (χ3v) is 6.24. The zero-order valence-corrected chi connectivity index (χ0v) is 18.4. The summed E-state index contributed by atoms with van der Waals surface area (Å²) in [5.41, 5.74) is 1.55. The summed E-state index contributed by atoms with van der Waals surface area (Å²) in [4.78, 5) is 23.5. The standard InChI is InChI=1S/C23H23N3O5S/c1-17(27)24-18-7-6-8-19(15-18)25-23(28)16-31-21-13-11-20(12-14-21)26(2)32(29,30)22-9-4-3-5-10-22/h3-15H,16H2,1-2H3,(H,24,27)(H,25,28). The predicted molar refractivity (Wildman–Crippen MR) is 123 cm³/mol. The van der Waals surface area contributed by atoms with Crippen molar-refractivity contribution >= 4 is 38.9 Å². The monoisotopic (exact) mass is 453 g/mol. The van der Waals surface area contributed by atoms with Crippen LogP contribution in [0.2, 0.25) is 0 Å². The van der Waals surface area contributed by atoms with Crippen molar-refractivity contribution in [2.45, 2.75) is 11.8 Å². The van der Waals surface area contributed by atoms with Crippen molar-refractivity contribution in [1.82, 2.24) is 0 Å². The van der Waals surface area contributed by atoms with Gasteiger partial charge in [0.05, 0.1) is 10.6 Å². The lowest BCUT2D eigenvalue weighted by molar-refractivity contribution is -0.118. The highest BCUT2D eigenvalue weighted by Gasteiger charge is 2.20. The van der Waals surface area contributed by atoms with Gasteiger partial charge in [-0.25, -0.2) is 8.42 Å². The third kappa shape index (κ3) is 5.86. The van der Waals surface area contributed by atoms with Crippen LogP contribution in [-0.4, -0.2) is 33.9 Å². The fraction of sp³-hybridized carbons (Fsp3) is 0.130. The van der Waals surface area contributed by atoms with Crippen molar-refractivity contribution in [3.8, 4) is 5.75 Å². The first kappa shape index (κ1) is 22.8. The molecule has 166 valence electrons. The molecule has 3 aromatic carbocycles. The molecule has 8 nitrogen and oxygen atoms in total. The van der Waals surface area contributed by atoms with Gasteiger partial charge in [-0.05, 0) is 54.6 Å². The quantitative estimate of drug-likeness (QED) is 0.543. The number of amides is 2. The van der Waals surface area contributed by atoms with Crippen molar-refractivity contribution < 1.29 is 22.7 Å². The number of anilines is 3. The number of nitrogens with zero attached hydrogens (tertiary/aromatic N) is 1. The van der Waals surface area contributed by atoms with Gasteiger partial charge in [0.25, 0.3) is 15.9 Å². The molecule has 0 spiro atoms. The first-order valence-corrected chi connectivity index (χ1v) is 11.1. The maximum Gasteiger partial charge on any atom is 0.264 e. The average Bonchev–Trinajstić information content (AvgIpc) is 2.78. The maximum atomic E-state index is 12.7. The molecule has 0 heterocycles. The van der Waals surface area contributed by atoms with E-state index >= 15 is 0 Å². The fourth-order valence-electron chi connectivity index (χ4n) is 2.87. The van der Waals surface area contributed by atoms with Crippen molar-refractivity contribution in [3.63, 3.8) is 0 Å². The fourth-order valence-corrected chi connectivity index (χ4v) is 4.08. The van der Waals surface area contributed by atoms with Crippen LogP contribution in [-0.2, 0) is 19.6 Å². The van der Waals surface area contributed by atoms with E-state index in [0.29, 0.717) is 22.8 Å². The molecule has 3 rings (SSSR count). The highest BCUT2D eigenvalue weighted by Crippen LogP contribution is 2.24. The summed E-state index contributed by atoms with van der Waals surface area (Å²) in [5, 5.41) is 5.33. The highest BCUT2D eigenvalue weighted by molar-refractivity contribution is 7.92. The van der Waals surface area contributed by atoms with E-state index < -0.39 is 10.0 Å². The molecule has 3 aromatic rings. The van der Waals surface area contributed by atoms with E-state index in [-0.39, 0.29) is 23.3 Å². The first-order valence-electron chi connectivity index (χ1n) is 9.70. The minimum absolute atomic E-state index is 0.196. The molecular formula is C23H23N3O5S. The molecule has 0 saturated carbocycles. The molecular weight excluding hydrogens is 430 g/mol. The highest BCUT2D eigenvalue weighted by atomic mass is 32.2. The Kier molecular flexibility index (Phi) is 7.11. The molecule has 2 N–H and O–H groups in total. The third-order valence-electron chi connectivity index (χ3n) is 4.44. The molecule has 0 aliphatic carbocycles. The minimum Gasteiger partial charge on any atom is -0.484 e. The number of hydrogen-bond acceptors (Lipinski definition) is 5. The largest absolute Gasteiger partial charge is 0.484 e. The van der Waals surface area contributed by atoms with Crippen LogP contribution >= 0.6 is 0 Å².